The number of benzene rings is 1. The second kappa shape index (κ2) is 5.73. The van der Waals surface area contributed by atoms with Crippen molar-refractivity contribution in [1.82, 2.24) is 4.98 Å². The molecule has 0 radical (unpaired) electrons. The van der Waals surface area contributed by atoms with Gasteiger partial charge >= 0.3 is 5.97 Å². The molecule has 0 amide bonds. The largest absolute Gasteiger partial charge is 0.492 e. The Morgan fingerprint density at radius 3 is 2.54 bits per heavy atom. The molecule has 0 saturated heterocycles. The zero-order valence-electron chi connectivity index (χ0n) is 13.0. The summed E-state index contributed by atoms with van der Waals surface area (Å²) in [5.41, 5.74) is 1.95. The molecule has 0 unspecified atom stereocenters. The number of carbonyl (C=O) groups excluding carboxylic acids is 2. The number of rotatable bonds is 3. The lowest BCUT2D eigenvalue weighted by Gasteiger charge is -2.15. The summed E-state index contributed by atoms with van der Waals surface area (Å²) >= 11 is 0. The fourth-order valence-electron chi connectivity index (χ4n) is 2.66. The first-order valence-electron chi connectivity index (χ1n) is 7.13. The molecule has 120 valence electrons. The van der Waals surface area contributed by atoms with E-state index in [9.17, 15) is 19.5 Å². The van der Waals surface area contributed by atoms with E-state index >= 15 is 0 Å². The molecule has 1 aliphatic carbocycles. The van der Waals surface area contributed by atoms with Gasteiger partial charge in [-0.1, -0.05) is 12.1 Å². The third-order valence-corrected chi connectivity index (χ3v) is 3.92. The highest BCUT2D eigenvalue weighted by Gasteiger charge is 2.28. The molecule has 1 aromatic carbocycles. The average molecular weight is 323 g/mol. The van der Waals surface area contributed by atoms with Crippen LogP contribution in [0.2, 0.25) is 0 Å². The Bertz CT molecular complexity index is 927. The summed E-state index contributed by atoms with van der Waals surface area (Å²) in [6, 6.07) is 7.94. The van der Waals surface area contributed by atoms with Crippen LogP contribution in [-0.4, -0.2) is 34.7 Å². The number of hydrogen-bond donors (Lipinski definition) is 1. The first-order valence-corrected chi connectivity index (χ1v) is 7.13. The van der Waals surface area contributed by atoms with Crippen molar-refractivity contribution in [1.29, 1.82) is 0 Å². The molecule has 0 saturated carbocycles. The van der Waals surface area contributed by atoms with Gasteiger partial charge in [0.05, 0.1) is 23.9 Å². The molecule has 6 heteroatoms. The molecule has 0 spiro atoms. The molecular formula is C18H13NO5. The van der Waals surface area contributed by atoms with Crippen LogP contribution in [0.1, 0.15) is 36.8 Å². The highest BCUT2D eigenvalue weighted by atomic mass is 16.5. The zero-order chi connectivity index (χ0) is 17.4. The first kappa shape index (κ1) is 15.6. The lowest BCUT2D eigenvalue weighted by Crippen LogP contribution is -2.19. The minimum atomic E-state index is -1.04. The van der Waals surface area contributed by atoms with E-state index in [0.29, 0.717) is 16.8 Å². The number of carboxylic acids is 1. The molecular weight excluding hydrogens is 310 g/mol. The number of aromatic nitrogens is 1. The van der Waals surface area contributed by atoms with Gasteiger partial charge in [0.15, 0.2) is 5.76 Å². The predicted molar refractivity (Wildman–Crippen MR) is 85.1 cm³/mol. The number of pyridine rings is 1. The van der Waals surface area contributed by atoms with Crippen LogP contribution in [0.15, 0.2) is 42.2 Å². The van der Waals surface area contributed by atoms with Crippen LogP contribution in [0.4, 0.5) is 0 Å². The van der Waals surface area contributed by atoms with Crippen molar-refractivity contribution in [3.8, 4) is 11.3 Å². The van der Waals surface area contributed by atoms with Gasteiger partial charge < -0.3 is 9.84 Å². The Kier molecular flexibility index (Phi) is 3.73. The van der Waals surface area contributed by atoms with Crippen molar-refractivity contribution >= 4 is 17.5 Å². The maximum atomic E-state index is 12.2. The van der Waals surface area contributed by atoms with Crippen LogP contribution in [0.5, 0.6) is 0 Å². The number of ether oxygens (including phenoxy) is 1. The number of methoxy groups -OCH3 is 1. The number of carboxylic acid groups (broad SMARTS) is 1. The van der Waals surface area contributed by atoms with Gasteiger partial charge in [-0.3, -0.25) is 9.59 Å². The predicted octanol–water partition coefficient (Wildman–Crippen LogP) is 2.66. The van der Waals surface area contributed by atoms with Gasteiger partial charge in [0.25, 0.3) is 0 Å². The van der Waals surface area contributed by atoms with Gasteiger partial charge in [-0.05, 0) is 30.7 Å². The molecule has 1 aliphatic rings. The van der Waals surface area contributed by atoms with E-state index in [2.05, 4.69) is 4.98 Å². The van der Waals surface area contributed by atoms with Crippen molar-refractivity contribution in [2.24, 2.45) is 0 Å². The first-order chi connectivity index (χ1) is 11.4. The highest BCUT2D eigenvalue weighted by Crippen LogP contribution is 2.28. The van der Waals surface area contributed by atoms with E-state index in [1.807, 2.05) is 0 Å². The second-order valence-corrected chi connectivity index (χ2v) is 5.28. The normalized spacial score (nSPS) is 13.3. The monoisotopic (exact) mass is 323 g/mol. The average Bonchev–Trinajstić information content (AvgIpc) is 2.57. The summed E-state index contributed by atoms with van der Waals surface area (Å²) in [7, 11) is 1.32. The summed E-state index contributed by atoms with van der Waals surface area (Å²) in [6.07, 6.45) is 1.11. The number of aromatic carboxylic acids is 1. The zero-order valence-corrected chi connectivity index (χ0v) is 13.0. The van der Waals surface area contributed by atoms with Crippen LogP contribution in [0, 0.1) is 6.92 Å². The standard InChI is InChI=1S/C18H13NO5/c1-9-10(4-3-5-11(9)18(22)23)13-7-6-12-16(19-13)14(20)8-15(24-2)17(12)21/h3-8H,1-2H3,(H,22,23). The molecule has 0 bridgehead atoms. The Morgan fingerprint density at radius 2 is 1.88 bits per heavy atom. The summed E-state index contributed by atoms with van der Waals surface area (Å²) in [5.74, 6) is -1.88. The molecule has 0 aliphatic heterocycles. The van der Waals surface area contributed by atoms with Crippen LogP contribution in [0.3, 0.4) is 0 Å². The van der Waals surface area contributed by atoms with Gasteiger partial charge in [-0.2, -0.15) is 0 Å². The van der Waals surface area contributed by atoms with Crippen molar-refractivity contribution in [3.05, 3.63) is 64.6 Å². The maximum Gasteiger partial charge on any atom is 0.335 e. The Labute approximate surface area is 137 Å². The van der Waals surface area contributed by atoms with E-state index in [4.69, 9.17) is 4.74 Å². The number of ketones is 2. The molecule has 1 aromatic heterocycles. The van der Waals surface area contributed by atoms with Crippen molar-refractivity contribution < 1.29 is 24.2 Å². The number of carbonyl (C=O) groups is 3. The fraction of sp³-hybridized carbons (Fsp3) is 0.111. The molecule has 6 nitrogen and oxygen atoms in total. The van der Waals surface area contributed by atoms with E-state index < -0.39 is 17.5 Å². The summed E-state index contributed by atoms with van der Waals surface area (Å²) in [4.78, 5) is 39.9. The lowest BCUT2D eigenvalue weighted by molar-refractivity contribution is 0.0695. The number of allylic oxidation sites excluding steroid dienone is 2. The fourth-order valence-corrected chi connectivity index (χ4v) is 2.66. The smallest absolute Gasteiger partial charge is 0.335 e. The molecule has 3 rings (SSSR count). The maximum absolute atomic E-state index is 12.2. The van der Waals surface area contributed by atoms with Crippen LogP contribution >= 0.6 is 0 Å². The third kappa shape index (κ3) is 2.38. The third-order valence-electron chi connectivity index (χ3n) is 3.92. The topological polar surface area (TPSA) is 93.6 Å². The van der Waals surface area contributed by atoms with Crippen molar-refractivity contribution in [3.63, 3.8) is 0 Å². The van der Waals surface area contributed by atoms with Gasteiger partial charge in [-0.25, -0.2) is 9.78 Å². The van der Waals surface area contributed by atoms with Crippen LogP contribution in [0.25, 0.3) is 11.3 Å². The van der Waals surface area contributed by atoms with E-state index in [0.717, 1.165) is 6.08 Å². The van der Waals surface area contributed by atoms with Gasteiger partial charge in [0, 0.05) is 11.6 Å². The summed E-state index contributed by atoms with van der Waals surface area (Å²) < 4.78 is 4.90. The SMILES string of the molecule is COC1=CC(=O)c2nc(-c3cccc(C(=O)O)c3C)ccc2C1=O. The van der Waals surface area contributed by atoms with Crippen molar-refractivity contribution in [2.45, 2.75) is 6.92 Å². The summed E-state index contributed by atoms with van der Waals surface area (Å²) in [6.45, 7) is 1.68. The van der Waals surface area contributed by atoms with Crippen LogP contribution in [-0.2, 0) is 4.74 Å². The molecule has 24 heavy (non-hydrogen) atoms. The van der Waals surface area contributed by atoms with Gasteiger partial charge in [0.1, 0.15) is 5.69 Å². The minimum absolute atomic E-state index is 0.0221. The Morgan fingerprint density at radius 1 is 1.12 bits per heavy atom. The van der Waals surface area contributed by atoms with E-state index in [1.165, 1.54) is 19.2 Å². The minimum Gasteiger partial charge on any atom is -0.492 e. The Balaban J connectivity index is 2.15. The quantitative estimate of drug-likeness (QED) is 0.933. The van der Waals surface area contributed by atoms with E-state index in [1.54, 1.807) is 25.1 Å². The van der Waals surface area contributed by atoms with Gasteiger partial charge in [0.2, 0.25) is 11.6 Å². The van der Waals surface area contributed by atoms with Crippen LogP contribution < -0.4 is 0 Å². The number of Topliss-reactive ketones (excluding diaryl/α,β-unsaturated/α-hetero) is 1. The summed E-state index contributed by atoms with van der Waals surface area (Å²) in [5, 5.41) is 9.22. The lowest BCUT2D eigenvalue weighted by atomic mass is 9.95. The Hall–Kier alpha value is -3.28. The van der Waals surface area contributed by atoms with E-state index in [-0.39, 0.29) is 22.6 Å². The molecule has 1 heterocycles. The number of fused-ring (bicyclic) bond motifs is 1. The molecule has 2 aromatic rings. The number of hydrogen-bond acceptors (Lipinski definition) is 5. The molecule has 1 N–H and O–H groups in total. The molecule has 0 fully saturated rings. The van der Waals surface area contributed by atoms with Gasteiger partial charge in [-0.15, -0.1) is 0 Å². The number of nitrogens with zero attached hydrogens (tertiary/aromatic N) is 1. The second-order valence-electron chi connectivity index (χ2n) is 5.28. The van der Waals surface area contributed by atoms with Crippen molar-refractivity contribution in [2.75, 3.05) is 7.11 Å². The molecule has 0 atom stereocenters. The highest BCUT2D eigenvalue weighted by molar-refractivity contribution is 6.23.